The summed E-state index contributed by atoms with van der Waals surface area (Å²) >= 11 is 0. The smallest absolute Gasteiger partial charge is 0.335 e. The van der Waals surface area contributed by atoms with Gasteiger partial charge in [0.2, 0.25) is 0 Å². The van der Waals surface area contributed by atoms with E-state index in [4.69, 9.17) is 18.9 Å². The fourth-order valence-electron chi connectivity index (χ4n) is 5.31. The van der Waals surface area contributed by atoms with Crippen molar-refractivity contribution in [2.24, 2.45) is 0 Å². The molecule has 0 aromatic heterocycles. The zero-order valence-corrected chi connectivity index (χ0v) is 24.5. The van der Waals surface area contributed by atoms with Crippen LogP contribution in [0.3, 0.4) is 0 Å². The lowest BCUT2D eigenvalue weighted by Gasteiger charge is -2.22. The number of fused-ring (bicyclic) bond motifs is 2. The van der Waals surface area contributed by atoms with Crippen LogP contribution in [0.25, 0.3) is 12.2 Å². The summed E-state index contributed by atoms with van der Waals surface area (Å²) in [5.74, 6) is 0.397. The summed E-state index contributed by atoms with van der Waals surface area (Å²) < 4.78 is 23.0. The second-order valence-corrected chi connectivity index (χ2v) is 10.5. The molecule has 216 valence electrons. The highest BCUT2D eigenvalue weighted by Crippen LogP contribution is 2.36. The zero-order chi connectivity index (χ0) is 29.3. The average Bonchev–Trinajstić information content (AvgIpc) is 3.15. The van der Waals surface area contributed by atoms with Crippen molar-refractivity contribution in [2.45, 2.75) is 38.9 Å². The molecule has 1 aliphatic rings. The van der Waals surface area contributed by atoms with E-state index in [1.807, 2.05) is 24.3 Å². The molecular formula is C37H38O5. The Morgan fingerprint density at radius 3 is 2.19 bits per heavy atom. The predicted octanol–water partition coefficient (Wildman–Crippen LogP) is 7.38. The molecule has 0 radical (unpaired) electrons. The van der Waals surface area contributed by atoms with Gasteiger partial charge in [0.05, 0.1) is 13.2 Å². The first-order valence-corrected chi connectivity index (χ1v) is 14.5. The van der Waals surface area contributed by atoms with Crippen LogP contribution in [0.5, 0.6) is 5.75 Å². The molecule has 0 aliphatic heterocycles. The van der Waals surface area contributed by atoms with Gasteiger partial charge < -0.3 is 18.9 Å². The standard InChI is InChI=1S/C37H38O5/c1-4-40-37(38)35(39-3)25-28-11-16-32(17-12-28)41-20-21-42-36-33-18-10-26(2)22-30(33)14-15-31-24-29(13-19-34(31)36)23-27-8-6-5-7-9-27/h5-19,22,24,35-36H,4,20-21,23,25H2,1-3H3. The number of ether oxygens (including phenoxy) is 4. The van der Waals surface area contributed by atoms with E-state index >= 15 is 0 Å². The van der Waals surface area contributed by atoms with Crippen molar-refractivity contribution in [1.29, 1.82) is 0 Å². The van der Waals surface area contributed by atoms with Crippen molar-refractivity contribution in [3.05, 3.63) is 136 Å². The molecule has 0 fully saturated rings. The molecular weight excluding hydrogens is 524 g/mol. The van der Waals surface area contributed by atoms with Gasteiger partial charge in [-0.3, -0.25) is 0 Å². The van der Waals surface area contributed by atoms with Gasteiger partial charge in [0, 0.05) is 13.5 Å². The SMILES string of the molecule is CCOC(=O)C(Cc1ccc(OCCOC2c3ccc(C)cc3C=Cc3cc(Cc4ccccc4)ccc32)cc1)OC. The number of carbonyl (C=O) groups is 1. The molecule has 0 amide bonds. The van der Waals surface area contributed by atoms with Crippen LogP contribution in [0.15, 0.2) is 91.0 Å². The largest absolute Gasteiger partial charge is 0.491 e. The zero-order valence-electron chi connectivity index (χ0n) is 24.5. The molecule has 5 rings (SSSR count). The Bertz CT molecular complexity index is 1510. The first-order valence-electron chi connectivity index (χ1n) is 14.5. The molecule has 0 saturated heterocycles. The lowest BCUT2D eigenvalue weighted by molar-refractivity contribution is -0.154. The van der Waals surface area contributed by atoms with Gasteiger partial charge in [0.15, 0.2) is 6.10 Å². The molecule has 0 bridgehead atoms. The number of esters is 1. The Kier molecular flexibility index (Phi) is 9.86. The van der Waals surface area contributed by atoms with E-state index in [1.165, 1.54) is 34.9 Å². The van der Waals surface area contributed by atoms with Gasteiger partial charge in [-0.1, -0.05) is 96.6 Å². The summed E-state index contributed by atoms with van der Waals surface area (Å²) in [7, 11) is 1.52. The quantitative estimate of drug-likeness (QED) is 0.133. The van der Waals surface area contributed by atoms with Crippen molar-refractivity contribution >= 4 is 18.1 Å². The second-order valence-electron chi connectivity index (χ2n) is 10.5. The lowest BCUT2D eigenvalue weighted by Crippen LogP contribution is -2.27. The fourth-order valence-corrected chi connectivity index (χ4v) is 5.31. The van der Waals surface area contributed by atoms with E-state index in [0.29, 0.717) is 26.2 Å². The minimum Gasteiger partial charge on any atom is -0.491 e. The van der Waals surface area contributed by atoms with Crippen LogP contribution in [-0.2, 0) is 31.8 Å². The average molecular weight is 563 g/mol. The molecule has 0 N–H and O–H groups in total. The van der Waals surface area contributed by atoms with Crippen LogP contribution in [0.4, 0.5) is 0 Å². The third kappa shape index (κ3) is 7.35. The van der Waals surface area contributed by atoms with Gasteiger partial charge in [-0.05, 0) is 71.3 Å². The van der Waals surface area contributed by atoms with Gasteiger partial charge >= 0.3 is 5.97 Å². The third-order valence-corrected chi connectivity index (χ3v) is 7.47. The Labute approximate surface area is 248 Å². The Hall–Kier alpha value is -4.19. The van der Waals surface area contributed by atoms with Crippen molar-refractivity contribution in [3.63, 3.8) is 0 Å². The molecule has 5 nitrogen and oxygen atoms in total. The van der Waals surface area contributed by atoms with Gasteiger partial charge in [-0.15, -0.1) is 0 Å². The molecule has 5 heteroatoms. The Morgan fingerprint density at radius 1 is 0.786 bits per heavy atom. The van der Waals surface area contributed by atoms with E-state index in [-0.39, 0.29) is 12.1 Å². The lowest BCUT2D eigenvalue weighted by atomic mass is 9.93. The maximum Gasteiger partial charge on any atom is 0.335 e. The maximum atomic E-state index is 12.0. The van der Waals surface area contributed by atoms with Crippen LogP contribution >= 0.6 is 0 Å². The molecule has 2 unspecified atom stereocenters. The molecule has 2 atom stereocenters. The van der Waals surface area contributed by atoms with E-state index in [2.05, 4.69) is 85.8 Å². The molecule has 0 saturated carbocycles. The van der Waals surface area contributed by atoms with E-state index < -0.39 is 6.10 Å². The summed E-state index contributed by atoms with van der Waals surface area (Å²) in [5, 5.41) is 0. The number of methoxy groups -OCH3 is 1. The summed E-state index contributed by atoms with van der Waals surface area (Å²) in [6.07, 6.45) is 4.92. The monoisotopic (exact) mass is 562 g/mol. The number of aryl methyl sites for hydroxylation is 1. The highest BCUT2D eigenvalue weighted by Gasteiger charge is 2.23. The summed E-state index contributed by atoms with van der Waals surface area (Å²) in [4.78, 5) is 12.0. The minimum absolute atomic E-state index is 0.198. The molecule has 4 aromatic rings. The predicted molar refractivity (Wildman–Crippen MR) is 167 cm³/mol. The van der Waals surface area contributed by atoms with E-state index in [1.54, 1.807) is 6.92 Å². The highest BCUT2D eigenvalue weighted by molar-refractivity contribution is 5.77. The number of carbonyl (C=O) groups excluding carboxylic acids is 1. The van der Waals surface area contributed by atoms with Gasteiger partial charge in [-0.25, -0.2) is 4.79 Å². The van der Waals surface area contributed by atoms with Gasteiger partial charge in [0.25, 0.3) is 0 Å². The van der Waals surface area contributed by atoms with Crippen molar-refractivity contribution in [3.8, 4) is 5.75 Å². The van der Waals surface area contributed by atoms with E-state index in [9.17, 15) is 4.79 Å². The van der Waals surface area contributed by atoms with Crippen LogP contribution in [-0.4, -0.2) is 39.0 Å². The second kappa shape index (κ2) is 14.1. The Morgan fingerprint density at radius 2 is 1.48 bits per heavy atom. The molecule has 0 heterocycles. The number of hydrogen-bond donors (Lipinski definition) is 0. The van der Waals surface area contributed by atoms with Crippen LogP contribution in [0.2, 0.25) is 0 Å². The van der Waals surface area contributed by atoms with Gasteiger partial charge in [0.1, 0.15) is 18.5 Å². The van der Waals surface area contributed by atoms with Crippen LogP contribution in [0, 0.1) is 6.92 Å². The minimum atomic E-state index is -0.622. The Balaban J connectivity index is 1.25. The highest BCUT2D eigenvalue weighted by atomic mass is 16.6. The molecule has 4 aromatic carbocycles. The van der Waals surface area contributed by atoms with Crippen LogP contribution in [0.1, 0.15) is 57.5 Å². The normalized spacial score (nSPS) is 14.4. The van der Waals surface area contributed by atoms with Crippen LogP contribution < -0.4 is 4.74 Å². The third-order valence-electron chi connectivity index (χ3n) is 7.47. The summed E-state index contributed by atoms with van der Waals surface area (Å²) in [6.45, 7) is 5.08. The molecule has 0 spiro atoms. The van der Waals surface area contributed by atoms with E-state index in [0.717, 1.165) is 28.9 Å². The van der Waals surface area contributed by atoms with Gasteiger partial charge in [-0.2, -0.15) is 0 Å². The number of hydrogen-bond acceptors (Lipinski definition) is 5. The molecule has 42 heavy (non-hydrogen) atoms. The first-order chi connectivity index (χ1) is 20.5. The number of rotatable bonds is 12. The summed E-state index contributed by atoms with van der Waals surface area (Å²) in [5.41, 5.74) is 9.43. The summed E-state index contributed by atoms with van der Waals surface area (Å²) in [6, 6.07) is 31.5. The first kappa shape index (κ1) is 29.3. The fraction of sp³-hybridized carbons (Fsp3) is 0.270. The number of benzene rings is 4. The van der Waals surface area contributed by atoms with Crippen molar-refractivity contribution < 1.29 is 23.7 Å². The maximum absolute atomic E-state index is 12.0. The molecule has 1 aliphatic carbocycles. The van der Waals surface area contributed by atoms with Crippen molar-refractivity contribution in [1.82, 2.24) is 0 Å². The van der Waals surface area contributed by atoms with Crippen molar-refractivity contribution in [2.75, 3.05) is 26.9 Å². The topological polar surface area (TPSA) is 54.0 Å².